The van der Waals surface area contributed by atoms with Crippen molar-refractivity contribution in [3.8, 4) is 11.3 Å². The highest BCUT2D eigenvalue weighted by Gasteiger charge is 2.29. The molecule has 2 aromatic heterocycles. The number of hydrogen-bond acceptors (Lipinski definition) is 4. The Hall–Kier alpha value is -2.65. The van der Waals surface area contributed by atoms with Crippen LogP contribution in [0, 0.1) is 0 Å². The molecule has 2 heterocycles. The minimum absolute atomic E-state index is 0.0633. The molecule has 0 aliphatic carbocycles. The molecule has 4 aromatic rings. The van der Waals surface area contributed by atoms with Gasteiger partial charge in [0.05, 0.1) is 23.2 Å². The molecule has 0 spiro atoms. The highest BCUT2D eigenvalue weighted by molar-refractivity contribution is 9.10. The van der Waals surface area contributed by atoms with Crippen LogP contribution in [0.3, 0.4) is 0 Å². The molecule has 29 heavy (non-hydrogen) atoms. The third-order valence-corrected chi connectivity index (χ3v) is 5.46. The molecule has 148 valence electrons. The average Bonchev–Trinajstić information content (AvgIpc) is 3.27. The minimum Gasteiger partial charge on any atom is -0.391 e. The third kappa shape index (κ3) is 4.35. The quantitative estimate of drug-likeness (QED) is 0.245. The second kappa shape index (κ2) is 8.00. The lowest BCUT2D eigenvalue weighted by atomic mass is 10.1. The fourth-order valence-electron chi connectivity index (χ4n) is 2.74. The summed E-state index contributed by atoms with van der Waals surface area (Å²) in [6.45, 7) is 0.0633. The van der Waals surface area contributed by atoms with Gasteiger partial charge in [-0.05, 0) is 29.8 Å². The van der Waals surface area contributed by atoms with Gasteiger partial charge in [0.1, 0.15) is 6.61 Å². The zero-order valence-electron chi connectivity index (χ0n) is 14.7. The zero-order chi connectivity index (χ0) is 20.4. The molecule has 0 N–H and O–H groups in total. The number of imidazole rings is 1. The van der Waals surface area contributed by atoms with E-state index in [9.17, 15) is 13.2 Å². The minimum atomic E-state index is -4.35. The van der Waals surface area contributed by atoms with Crippen LogP contribution in [-0.4, -0.2) is 15.6 Å². The van der Waals surface area contributed by atoms with Gasteiger partial charge in [-0.3, -0.25) is 4.40 Å². The van der Waals surface area contributed by atoms with E-state index in [2.05, 4.69) is 26.1 Å². The van der Waals surface area contributed by atoms with Crippen molar-refractivity contribution in [1.29, 1.82) is 0 Å². The molecule has 4 nitrogen and oxygen atoms in total. The Morgan fingerprint density at radius 1 is 1.10 bits per heavy atom. The predicted octanol–water partition coefficient (Wildman–Crippen LogP) is 6.39. The Morgan fingerprint density at radius 3 is 2.52 bits per heavy atom. The van der Waals surface area contributed by atoms with Gasteiger partial charge in [-0.1, -0.05) is 45.4 Å². The molecule has 0 saturated carbocycles. The summed E-state index contributed by atoms with van der Waals surface area (Å²) in [4.78, 5) is 10.8. The Bertz CT molecular complexity index is 1150. The van der Waals surface area contributed by atoms with Crippen molar-refractivity contribution < 1.29 is 18.0 Å². The molecule has 4 rings (SSSR count). The van der Waals surface area contributed by atoms with Gasteiger partial charge in [0.25, 0.3) is 0 Å². The second-order valence-corrected chi connectivity index (χ2v) is 7.90. The molecule has 0 radical (unpaired) electrons. The van der Waals surface area contributed by atoms with E-state index in [4.69, 9.17) is 4.84 Å². The number of hydrogen-bond donors (Lipinski definition) is 0. The molecule has 0 aliphatic rings. The van der Waals surface area contributed by atoms with Crippen molar-refractivity contribution in [1.82, 2.24) is 9.38 Å². The molecule has 0 atom stereocenters. The predicted molar refractivity (Wildman–Crippen MR) is 110 cm³/mol. The number of alkyl halides is 3. The standard InChI is InChI=1S/C20H13BrF3N3OS/c21-16-7-3-14(4-8-16)18-17(27-9-10-29-19(27)26-18)11-25-28-12-13-1-5-15(6-2-13)20(22,23)24/h1-11H,12H2. The summed E-state index contributed by atoms with van der Waals surface area (Å²) >= 11 is 4.93. The van der Waals surface area contributed by atoms with Crippen LogP contribution in [-0.2, 0) is 17.6 Å². The first-order valence-electron chi connectivity index (χ1n) is 8.45. The second-order valence-electron chi connectivity index (χ2n) is 6.11. The molecule has 0 fully saturated rings. The van der Waals surface area contributed by atoms with E-state index in [1.54, 1.807) is 6.21 Å². The molecular formula is C20H13BrF3N3OS. The monoisotopic (exact) mass is 479 g/mol. The zero-order valence-corrected chi connectivity index (χ0v) is 17.1. The highest BCUT2D eigenvalue weighted by Crippen LogP contribution is 2.29. The molecule has 0 unspecified atom stereocenters. The van der Waals surface area contributed by atoms with Gasteiger partial charge < -0.3 is 4.84 Å². The summed E-state index contributed by atoms with van der Waals surface area (Å²) in [6.07, 6.45) is -0.893. The molecule has 0 aliphatic heterocycles. The Morgan fingerprint density at radius 2 is 1.83 bits per heavy atom. The lowest BCUT2D eigenvalue weighted by molar-refractivity contribution is -0.137. The van der Waals surface area contributed by atoms with Crippen molar-refractivity contribution in [2.24, 2.45) is 5.16 Å². The average molecular weight is 480 g/mol. The van der Waals surface area contributed by atoms with Crippen molar-refractivity contribution >= 4 is 38.4 Å². The number of halogens is 4. The number of oxime groups is 1. The van der Waals surface area contributed by atoms with Gasteiger partial charge in [-0.25, -0.2) is 4.98 Å². The van der Waals surface area contributed by atoms with E-state index in [0.29, 0.717) is 5.56 Å². The number of benzene rings is 2. The van der Waals surface area contributed by atoms with Gasteiger partial charge in [-0.15, -0.1) is 11.3 Å². The van der Waals surface area contributed by atoms with Gasteiger partial charge in [0, 0.05) is 21.6 Å². The third-order valence-electron chi connectivity index (χ3n) is 4.18. The lowest BCUT2D eigenvalue weighted by Gasteiger charge is -2.07. The van der Waals surface area contributed by atoms with E-state index in [-0.39, 0.29) is 6.61 Å². The van der Waals surface area contributed by atoms with Crippen molar-refractivity contribution in [2.45, 2.75) is 12.8 Å². The maximum atomic E-state index is 12.6. The van der Waals surface area contributed by atoms with E-state index in [0.717, 1.165) is 38.5 Å². The fraction of sp³-hybridized carbons (Fsp3) is 0.100. The molecule has 9 heteroatoms. The van der Waals surface area contributed by atoms with Crippen molar-refractivity contribution in [3.05, 3.63) is 81.4 Å². The Balaban J connectivity index is 1.51. The Kier molecular flexibility index (Phi) is 5.42. The normalized spacial score (nSPS) is 12.1. The van der Waals surface area contributed by atoms with E-state index in [1.165, 1.54) is 23.5 Å². The van der Waals surface area contributed by atoms with E-state index < -0.39 is 11.7 Å². The SMILES string of the molecule is FC(F)(F)c1ccc(CON=Cc2c(-c3ccc(Br)cc3)nc3sccn23)cc1. The molecule has 0 amide bonds. The lowest BCUT2D eigenvalue weighted by Crippen LogP contribution is -2.04. The summed E-state index contributed by atoms with van der Waals surface area (Å²) in [6, 6.07) is 12.6. The topological polar surface area (TPSA) is 38.9 Å². The Labute approximate surface area is 176 Å². The fourth-order valence-corrected chi connectivity index (χ4v) is 3.72. The van der Waals surface area contributed by atoms with Crippen LogP contribution in [0.25, 0.3) is 16.2 Å². The van der Waals surface area contributed by atoms with Gasteiger partial charge in [0.15, 0.2) is 4.96 Å². The molecular weight excluding hydrogens is 467 g/mol. The van der Waals surface area contributed by atoms with Crippen molar-refractivity contribution in [2.75, 3.05) is 0 Å². The number of fused-ring (bicyclic) bond motifs is 1. The van der Waals surface area contributed by atoms with Crippen LogP contribution in [0.2, 0.25) is 0 Å². The summed E-state index contributed by atoms with van der Waals surface area (Å²) in [5, 5.41) is 5.93. The summed E-state index contributed by atoms with van der Waals surface area (Å²) in [5.41, 5.74) is 2.37. The van der Waals surface area contributed by atoms with E-state index in [1.807, 2.05) is 40.2 Å². The molecule has 0 saturated heterocycles. The number of rotatable bonds is 5. The maximum absolute atomic E-state index is 12.6. The first-order valence-corrected chi connectivity index (χ1v) is 10.1. The van der Waals surface area contributed by atoms with Crippen LogP contribution in [0.1, 0.15) is 16.8 Å². The molecule has 0 bridgehead atoms. The maximum Gasteiger partial charge on any atom is 0.416 e. The van der Waals surface area contributed by atoms with Crippen LogP contribution in [0.4, 0.5) is 13.2 Å². The summed E-state index contributed by atoms with van der Waals surface area (Å²) < 4.78 is 40.7. The first-order chi connectivity index (χ1) is 13.9. The van der Waals surface area contributed by atoms with Gasteiger partial charge >= 0.3 is 6.18 Å². The summed E-state index contributed by atoms with van der Waals surface area (Å²) in [7, 11) is 0. The number of nitrogens with zero attached hydrogens (tertiary/aromatic N) is 3. The van der Waals surface area contributed by atoms with Gasteiger partial charge in [0.2, 0.25) is 0 Å². The summed E-state index contributed by atoms with van der Waals surface area (Å²) in [5.74, 6) is 0. The van der Waals surface area contributed by atoms with E-state index >= 15 is 0 Å². The number of thiazole rings is 1. The largest absolute Gasteiger partial charge is 0.416 e. The smallest absolute Gasteiger partial charge is 0.391 e. The van der Waals surface area contributed by atoms with Crippen LogP contribution >= 0.6 is 27.3 Å². The molecule has 2 aromatic carbocycles. The van der Waals surface area contributed by atoms with Crippen LogP contribution in [0.15, 0.2) is 69.7 Å². The van der Waals surface area contributed by atoms with Crippen LogP contribution < -0.4 is 0 Å². The van der Waals surface area contributed by atoms with Crippen LogP contribution in [0.5, 0.6) is 0 Å². The first kappa shape index (κ1) is 19.7. The highest BCUT2D eigenvalue weighted by atomic mass is 79.9. The van der Waals surface area contributed by atoms with Gasteiger partial charge in [-0.2, -0.15) is 13.2 Å². The number of aromatic nitrogens is 2. The van der Waals surface area contributed by atoms with Crippen molar-refractivity contribution in [3.63, 3.8) is 0 Å².